The molecule has 23 heavy (non-hydrogen) atoms. The fraction of sp³-hybridized carbons (Fsp3) is 0.118. The Hall–Kier alpha value is -2.91. The summed E-state index contributed by atoms with van der Waals surface area (Å²) in [6.45, 7) is 0.334. The third kappa shape index (κ3) is 3.47. The number of terminal acetylenes is 1. The third-order valence-electron chi connectivity index (χ3n) is 3.19. The van der Waals surface area contributed by atoms with Crippen LogP contribution in [0.3, 0.4) is 0 Å². The lowest BCUT2D eigenvalue weighted by atomic mass is 10.2. The van der Waals surface area contributed by atoms with E-state index in [9.17, 15) is 4.79 Å². The molecule has 3 rings (SSSR count). The van der Waals surface area contributed by atoms with Crippen molar-refractivity contribution in [2.45, 2.75) is 0 Å². The van der Waals surface area contributed by atoms with Crippen molar-refractivity contribution in [3.8, 4) is 22.8 Å². The van der Waals surface area contributed by atoms with Crippen molar-refractivity contribution in [1.82, 2.24) is 15.3 Å². The number of rotatable bonds is 5. The standard InChI is InChI=1S/C17H14N4OS/c1-2-8-18-15(22)10-19-16-13-9-14(12-6-4-3-5-7-12)23-17(13)21-11-20-16/h1,3-7,9,11H,8,10H2,(H,18,22)(H,19,20,21). The quantitative estimate of drug-likeness (QED) is 0.708. The lowest BCUT2D eigenvalue weighted by Gasteiger charge is -2.05. The third-order valence-corrected chi connectivity index (χ3v) is 4.28. The molecule has 0 unspecified atom stereocenters. The minimum Gasteiger partial charge on any atom is -0.360 e. The van der Waals surface area contributed by atoms with E-state index in [4.69, 9.17) is 6.42 Å². The number of hydrogen-bond donors (Lipinski definition) is 2. The van der Waals surface area contributed by atoms with E-state index in [0.29, 0.717) is 5.82 Å². The van der Waals surface area contributed by atoms with Gasteiger partial charge in [-0.05, 0) is 11.6 Å². The van der Waals surface area contributed by atoms with Gasteiger partial charge in [0.05, 0.1) is 18.5 Å². The predicted octanol–water partition coefficient (Wildman–Crippen LogP) is 2.52. The van der Waals surface area contributed by atoms with Crippen LogP contribution >= 0.6 is 11.3 Å². The highest BCUT2D eigenvalue weighted by molar-refractivity contribution is 7.21. The van der Waals surface area contributed by atoms with Gasteiger partial charge < -0.3 is 10.6 Å². The lowest BCUT2D eigenvalue weighted by Crippen LogP contribution is -2.30. The first-order valence-corrected chi connectivity index (χ1v) is 7.83. The fourth-order valence-electron chi connectivity index (χ4n) is 2.12. The number of hydrogen-bond acceptors (Lipinski definition) is 5. The van der Waals surface area contributed by atoms with Crippen molar-refractivity contribution in [1.29, 1.82) is 0 Å². The number of benzene rings is 1. The Morgan fingerprint density at radius 2 is 2.09 bits per heavy atom. The molecule has 0 saturated heterocycles. The molecule has 3 aromatic rings. The van der Waals surface area contributed by atoms with Crippen LogP contribution in [0.2, 0.25) is 0 Å². The number of nitrogens with one attached hydrogen (secondary N) is 2. The van der Waals surface area contributed by atoms with Crippen LogP contribution in [0.15, 0.2) is 42.7 Å². The second-order valence-corrected chi connectivity index (χ2v) is 5.78. The maximum Gasteiger partial charge on any atom is 0.240 e. The maximum atomic E-state index is 11.6. The molecular formula is C17H14N4OS. The second-order valence-electron chi connectivity index (χ2n) is 4.75. The molecule has 5 nitrogen and oxygen atoms in total. The number of thiophene rings is 1. The SMILES string of the molecule is C#CCNC(=O)CNc1ncnc2sc(-c3ccccc3)cc12. The van der Waals surface area contributed by atoms with Crippen LogP contribution in [-0.4, -0.2) is 29.0 Å². The van der Waals surface area contributed by atoms with Crippen molar-refractivity contribution < 1.29 is 4.79 Å². The zero-order chi connectivity index (χ0) is 16.1. The molecule has 0 saturated carbocycles. The van der Waals surface area contributed by atoms with Crippen molar-refractivity contribution in [3.63, 3.8) is 0 Å². The van der Waals surface area contributed by atoms with Gasteiger partial charge in [0.1, 0.15) is 17.0 Å². The molecule has 0 fully saturated rings. The zero-order valence-electron chi connectivity index (χ0n) is 12.2. The number of anilines is 1. The summed E-state index contributed by atoms with van der Waals surface area (Å²) in [5, 5.41) is 6.54. The Balaban J connectivity index is 1.83. The Labute approximate surface area is 137 Å². The summed E-state index contributed by atoms with van der Waals surface area (Å²) < 4.78 is 0. The molecule has 0 aliphatic heterocycles. The second kappa shape index (κ2) is 6.90. The topological polar surface area (TPSA) is 66.9 Å². The summed E-state index contributed by atoms with van der Waals surface area (Å²) in [5.74, 6) is 2.83. The molecule has 0 atom stereocenters. The molecule has 0 bridgehead atoms. The van der Waals surface area contributed by atoms with Gasteiger partial charge in [-0.3, -0.25) is 4.79 Å². The number of amides is 1. The highest BCUT2D eigenvalue weighted by Crippen LogP contribution is 2.34. The number of nitrogens with zero attached hydrogens (tertiary/aromatic N) is 2. The molecule has 2 heterocycles. The fourth-order valence-corrected chi connectivity index (χ4v) is 3.12. The summed E-state index contributed by atoms with van der Waals surface area (Å²) >= 11 is 1.59. The first-order valence-electron chi connectivity index (χ1n) is 7.02. The van der Waals surface area contributed by atoms with E-state index in [1.807, 2.05) is 24.3 Å². The van der Waals surface area contributed by atoms with Gasteiger partial charge in [-0.15, -0.1) is 17.8 Å². The normalized spacial score (nSPS) is 10.2. The van der Waals surface area contributed by atoms with Gasteiger partial charge in [-0.2, -0.15) is 0 Å². The molecule has 0 radical (unpaired) electrons. The van der Waals surface area contributed by atoms with Gasteiger partial charge in [0.25, 0.3) is 0 Å². The molecule has 1 amide bonds. The average molecular weight is 322 g/mol. The van der Waals surface area contributed by atoms with Crippen molar-refractivity contribution >= 4 is 33.3 Å². The first kappa shape index (κ1) is 15.0. The summed E-state index contributed by atoms with van der Waals surface area (Å²) in [5.41, 5.74) is 1.13. The molecule has 0 spiro atoms. The van der Waals surface area contributed by atoms with Crippen LogP contribution in [0.1, 0.15) is 0 Å². The van der Waals surface area contributed by atoms with Crippen molar-refractivity contribution in [2.75, 3.05) is 18.4 Å². The van der Waals surface area contributed by atoms with Gasteiger partial charge in [0.2, 0.25) is 5.91 Å². The van der Waals surface area contributed by atoms with Gasteiger partial charge >= 0.3 is 0 Å². The molecule has 1 aromatic carbocycles. The van der Waals surface area contributed by atoms with Crippen LogP contribution in [0.5, 0.6) is 0 Å². The number of carbonyl (C=O) groups excluding carboxylic acids is 1. The molecule has 0 aliphatic carbocycles. The first-order chi connectivity index (χ1) is 11.3. The monoisotopic (exact) mass is 322 g/mol. The van der Waals surface area contributed by atoms with Gasteiger partial charge in [0, 0.05) is 4.88 Å². The Morgan fingerprint density at radius 3 is 2.87 bits per heavy atom. The highest BCUT2D eigenvalue weighted by Gasteiger charge is 2.10. The smallest absolute Gasteiger partial charge is 0.240 e. The van der Waals surface area contributed by atoms with Crippen LogP contribution in [0, 0.1) is 12.3 Å². The van der Waals surface area contributed by atoms with Crippen LogP contribution in [0.4, 0.5) is 5.82 Å². The Morgan fingerprint density at radius 1 is 1.26 bits per heavy atom. The predicted molar refractivity (Wildman–Crippen MR) is 93.2 cm³/mol. The van der Waals surface area contributed by atoms with Gasteiger partial charge in [-0.25, -0.2) is 9.97 Å². The number of carbonyl (C=O) groups is 1. The Kier molecular flexibility index (Phi) is 4.50. The zero-order valence-corrected chi connectivity index (χ0v) is 13.1. The van der Waals surface area contributed by atoms with E-state index in [-0.39, 0.29) is 19.0 Å². The summed E-state index contributed by atoms with van der Waals surface area (Å²) in [4.78, 5) is 22.2. The van der Waals surface area contributed by atoms with Gasteiger partial charge in [-0.1, -0.05) is 36.3 Å². The molecule has 2 N–H and O–H groups in total. The van der Waals surface area contributed by atoms with Crippen molar-refractivity contribution in [2.24, 2.45) is 0 Å². The molecular weight excluding hydrogens is 308 g/mol. The summed E-state index contributed by atoms with van der Waals surface area (Å²) in [7, 11) is 0. The maximum absolute atomic E-state index is 11.6. The number of fused-ring (bicyclic) bond motifs is 1. The van der Waals surface area contributed by atoms with Crippen LogP contribution in [-0.2, 0) is 4.79 Å². The van der Waals surface area contributed by atoms with Crippen LogP contribution < -0.4 is 10.6 Å². The number of aromatic nitrogens is 2. The molecule has 0 aliphatic rings. The van der Waals surface area contributed by atoms with E-state index in [2.05, 4.69) is 38.7 Å². The largest absolute Gasteiger partial charge is 0.360 e. The molecule has 6 heteroatoms. The minimum absolute atomic E-state index is 0.115. The highest BCUT2D eigenvalue weighted by atomic mass is 32.1. The van der Waals surface area contributed by atoms with Crippen molar-refractivity contribution in [3.05, 3.63) is 42.7 Å². The summed E-state index contributed by atoms with van der Waals surface area (Å²) in [6.07, 6.45) is 6.61. The Bertz CT molecular complexity index is 867. The van der Waals surface area contributed by atoms with E-state index in [0.717, 1.165) is 20.7 Å². The lowest BCUT2D eigenvalue weighted by molar-refractivity contribution is -0.119. The molecule has 2 aromatic heterocycles. The van der Waals surface area contributed by atoms with Crippen LogP contribution in [0.25, 0.3) is 20.7 Å². The average Bonchev–Trinajstić information content (AvgIpc) is 3.03. The van der Waals surface area contributed by atoms with E-state index in [1.165, 1.54) is 6.33 Å². The minimum atomic E-state index is -0.173. The van der Waals surface area contributed by atoms with E-state index < -0.39 is 0 Å². The van der Waals surface area contributed by atoms with Gasteiger partial charge in [0.15, 0.2) is 0 Å². The molecule has 114 valence electrons. The van der Waals surface area contributed by atoms with E-state index in [1.54, 1.807) is 11.3 Å². The summed E-state index contributed by atoms with van der Waals surface area (Å²) in [6, 6.07) is 12.1. The van der Waals surface area contributed by atoms with E-state index >= 15 is 0 Å².